The van der Waals surface area contributed by atoms with Crippen molar-refractivity contribution < 1.29 is 19.6 Å². The molecule has 3 aromatic rings. The van der Waals surface area contributed by atoms with Crippen molar-refractivity contribution in [2.75, 3.05) is 5.32 Å². The number of non-ortho nitro benzene ring substituents is 1. The lowest BCUT2D eigenvalue weighted by Crippen LogP contribution is -2.16. The predicted octanol–water partition coefficient (Wildman–Crippen LogP) is 4.72. The molecule has 7 heteroatoms. The van der Waals surface area contributed by atoms with Crippen molar-refractivity contribution in [3.05, 3.63) is 106 Å². The van der Waals surface area contributed by atoms with Gasteiger partial charge in [-0.25, -0.2) is 4.79 Å². The van der Waals surface area contributed by atoms with E-state index in [-0.39, 0.29) is 29.5 Å². The smallest absolute Gasteiger partial charge is 0.335 e. The molecule has 3 aromatic carbocycles. The Kier molecular flexibility index (Phi) is 5.99. The van der Waals surface area contributed by atoms with E-state index in [1.807, 2.05) is 30.3 Å². The molecule has 0 saturated carbocycles. The molecule has 0 aliphatic rings. The lowest BCUT2D eigenvalue weighted by atomic mass is 9.97. The molecule has 29 heavy (non-hydrogen) atoms. The van der Waals surface area contributed by atoms with E-state index in [0.29, 0.717) is 11.3 Å². The summed E-state index contributed by atoms with van der Waals surface area (Å²) in [4.78, 5) is 34.1. The van der Waals surface area contributed by atoms with Crippen LogP contribution in [0.5, 0.6) is 0 Å². The number of hydrogen-bond donors (Lipinski definition) is 2. The first-order valence-corrected chi connectivity index (χ1v) is 8.86. The van der Waals surface area contributed by atoms with E-state index in [0.717, 1.165) is 5.56 Å². The van der Waals surface area contributed by atoms with Crippen molar-refractivity contribution >= 4 is 23.1 Å². The van der Waals surface area contributed by atoms with Gasteiger partial charge in [0.15, 0.2) is 5.78 Å². The van der Waals surface area contributed by atoms with Gasteiger partial charge in [-0.15, -0.1) is 0 Å². The van der Waals surface area contributed by atoms with Gasteiger partial charge < -0.3 is 10.4 Å². The highest BCUT2D eigenvalue weighted by Gasteiger charge is 2.18. The summed E-state index contributed by atoms with van der Waals surface area (Å²) in [6, 6.07) is 20.8. The molecular weight excluding hydrogens is 372 g/mol. The number of nitro benzene ring substituents is 1. The van der Waals surface area contributed by atoms with Crippen LogP contribution in [0.15, 0.2) is 78.9 Å². The Balaban J connectivity index is 1.81. The second kappa shape index (κ2) is 8.79. The van der Waals surface area contributed by atoms with Crippen LogP contribution >= 0.6 is 0 Å². The quantitative estimate of drug-likeness (QED) is 0.327. The van der Waals surface area contributed by atoms with Crippen LogP contribution in [0.2, 0.25) is 0 Å². The highest BCUT2D eigenvalue weighted by molar-refractivity contribution is 5.97. The Morgan fingerprint density at radius 3 is 2.03 bits per heavy atom. The zero-order valence-electron chi connectivity index (χ0n) is 15.3. The number of ketones is 1. The number of nitrogens with zero attached hydrogens (tertiary/aromatic N) is 1. The monoisotopic (exact) mass is 390 g/mol. The first-order chi connectivity index (χ1) is 13.9. The fourth-order valence-electron chi connectivity index (χ4n) is 2.92. The third-order valence-corrected chi connectivity index (χ3v) is 4.46. The number of rotatable bonds is 8. The van der Waals surface area contributed by atoms with E-state index in [1.165, 1.54) is 36.4 Å². The molecule has 0 bridgehead atoms. The highest BCUT2D eigenvalue weighted by Crippen LogP contribution is 2.25. The van der Waals surface area contributed by atoms with Gasteiger partial charge in [0.2, 0.25) is 0 Å². The summed E-state index contributed by atoms with van der Waals surface area (Å²) in [6.07, 6.45) is 0.127. The van der Waals surface area contributed by atoms with Crippen LogP contribution in [0.4, 0.5) is 11.4 Å². The number of carboxylic acid groups (broad SMARTS) is 1. The molecule has 0 radical (unpaired) electrons. The number of carboxylic acids is 1. The maximum atomic E-state index is 12.8. The van der Waals surface area contributed by atoms with Crippen LogP contribution in [0.1, 0.15) is 38.7 Å². The number of aromatic carboxylic acids is 1. The molecule has 0 saturated heterocycles. The topological polar surface area (TPSA) is 110 Å². The molecule has 2 N–H and O–H groups in total. The number of Topliss-reactive ketones (excluding diaryl/α,β-unsaturated/α-hetero) is 1. The molecule has 3 rings (SSSR count). The minimum absolute atomic E-state index is 0.0715. The zero-order chi connectivity index (χ0) is 20.8. The molecule has 7 nitrogen and oxygen atoms in total. The highest BCUT2D eigenvalue weighted by atomic mass is 16.6. The number of carbonyl (C=O) groups is 2. The van der Waals surface area contributed by atoms with E-state index in [1.54, 1.807) is 12.1 Å². The average molecular weight is 390 g/mol. The van der Waals surface area contributed by atoms with Crippen LogP contribution < -0.4 is 5.32 Å². The minimum Gasteiger partial charge on any atom is -0.478 e. The SMILES string of the molecule is O=C(O)c1ccc(N[C@H](CC(=O)c2ccc([N+](=O)[O-])cc2)c2ccccc2)cc1. The standard InChI is InChI=1S/C22H18N2O5/c25-21(16-8-12-19(13-9-16)24(28)29)14-20(15-4-2-1-3-5-15)23-18-10-6-17(7-11-18)22(26)27/h1-13,20,23H,14H2,(H,26,27)/t20-/m1/s1. The third-order valence-electron chi connectivity index (χ3n) is 4.46. The first kappa shape index (κ1) is 19.8. The summed E-state index contributed by atoms with van der Waals surface area (Å²) in [5, 5.41) is 23.1. The summed E-state index contributed by atoms with van der Waals surface area (Å²) >= 11 is 0. The van der Waals surface area contributed by atoms with Gasteiger partial charge in [0.1, 0.15) is 0 Å². The van der Waals surface area contributed by atoms with Crippen molar-refractivity contribution in [2.45, 2.75) is 12.5 Å². The van der Waals surface area contributed by atoms with Gasteiger partial charge in [-0.1, -0.05) is 30.3 Å². The molecule has 0 aromatic heterocycles. The fourth-order valence-corrected chi connectivity index (χ4v) is 2.92. The minimum atomic E-state index is -1.01. The van der Waals surface area contributed by atoms with Crippen molar-refractivity contribution in [1.82, 2.24) is 0 Å². The summed E-state index contributed by atoms with van der Waals surface area (Å²) in [5.74, 6) is -1.17. The van der Waals surface area contributed by atoms with Crippen LogP contribution in [0.3, 0.4) is 0 Å². The van der Waals surface area contributed by atoms with Crippen LogP contribution in [-0.2, 0) is 0 Å². The van der Waals surface area contributed by atoms with Crippen molar-refractivity contribution in [3.63, 3.8) is 0 Å². The Hall–Kier alpha value is -4.00. The molecule has 0 unspecified atom stereocenters. The summed E-state index contributed by atoms with van der Waals surface area (Å²) in [7, 11) is 0. The number of hydrogen-bond acceptors (Lipinski definition) is 5. The second-order valence-corrected chi connectivity index (χ2v) is 6.42. The molecule has 0 aliphatic carbocycles. The molecular formula is C22H18N2O5. The Labute approximate surface area is 166 Å². The largest absolute Gasteiger partial charge is 0.478 e. The summed E-state index contributed by atoms with van der Waals surface area (Å²) in [5.41, 5.74) is 2.07. The van der Waals surface area contributed by atoms with E-state index in [2.05, 4.69) is 5.32 Å². The molecule has 0 aliphatic heterocycles. The molecule has 0 spiro atoms. The normalized spacial score (nSPS) is 11.4. The fraction of sp³-hybridized carbons (Fsp3) is 0.0909. The Morgan fingerprint density at radius 1 is 0.897 bits per heavy atom. The predicted molar refractivity (Wildman–Crippen MR) is 108 cm³/mol. The zero-order valence-corrected chi connectivity index (χ0v) is 15.3. The van der Waals surface area contributed by atoms with Crippen molar-refractivity contribution in [1.29, 1.82) is 0 Å². The molecule has 0 amide bonds. The van der Waals surface area contributed by atoms with Gasteiger partial charge in [0.05, 0.1) is 16.5 Å². The van der Waals surface area contributed by atoms with Crippen LogP contribution in [-0.4, -0.2) is 21.8 Å². The molecule has 0 heterocycles. The molecule has 146 valence electrons. The van der Waals surface area contributed by atoms with Gasteiger partial charge in [0.25, 0.3) is 5.69 Å². The van der Waals surface area contributed by atoms with Gasteiger partial charge in [0, 0.05) is 29.8 Å². The maximum Gasteiger partial charge on any atom is 0.335 e. The van der Waals surface area contributed by atoms with E-state index < -0.39 is 10.9 Å². The number of carbonyl (C=O) groups excluding carboxylic acids is 1. The number of nitrogens with one attached hydrogen (secondary N) is 1. The summed E-state index contributed by atoms with van der Waals surface area (Å²) < 4.78 is 0. The lowest BCUT2D eigenvalue weighted by molar-refractivity contribution is -0.384. The van der Waals surface area contributed by atoms with Crippen LogP contribution in [0.25, 0.3) is 0 Å². The summed E-state index contributed by atoms with van der Waals surface area (Å²) in [6.45, 7) is 0. The van der Waals surface area contributed by atoms with Gasteiger partial charge in [-0.3, -0.25) is 14.9 Å². The van der Waals surface area contributed by atoms with E-state index in [9.17, 15) is 19.7 Å². The average Bonchev–Trinajstić information content (AvgIpc) is 2.74. The number of benzene rings is 3. The number of nitro groups is 1. The maximum absolute atomic E-state index is 12.8. The number of anilines is 1. The van der Waals surface area contributed by atoms with Gasteiger partial charge in [-0.05, 0) is 42.0 Å². The second-order valence-electron chi connectivity index (χ2n) is 6.42. The third kappa shape index (κ3) is 5.04. The Morgan fingerprint density at radius 2 is 1.48 bits per heavy atom. The Bertz CT molecular complexity index is 1020. The van der Waals surface area contributed by atoms with Gasteiger partial charge >= 0.3 is 5.97 Å². The lowest BCUT2D eigenvalue weighted by Gasteiger charge is -2.20. The molecule has 0 fully saturated rings. The van der Waals surface area contributed by atoms with E-state index in [4.69, 9.17) is 5.11 Å². The van der Waals surface area contributed by atoms with Crippen LogP contribution in [0, 0.1) is 10.1 Å². The van der Waals surface area contributed by atoms with Gasteiger partial charge in [-0.2, -0.15) is 0 Å². The van der Waals surface area contributed by atoms with Crippen molar-refractivity contribution in [2.24, 2.45) is 0 Å². The van der Waals surface area contributed by atoms with Crippen molar-refractivity contribution in [3.8, 4) is 0 Å². The van der Waals surface area contributed by atoms with E-state index >= 15 is 0 Å². The first-order valence-electron chi connectivity index (χ1n) is 8.86. The molecule has 1 atom stereocenters.